The van der Waals surface area contributed by atoms with Gasteiger partial charge in [0.2, 0.25) is 0 Å². The first-order valence-electron chi connectivity index (χ1n) is 7.26. The Labute approximate surface area is 120 Å². The minimum atomic E-state index is 0.424. The average molecular weight is 273 g/mol. The van der Waals surface area contributed by atoms with E-state index in [2.05, 4.69) is 43.2 Å². The second kappa shape index (κ2) is 6.55. The molecule has 0 spiro atoms. The van der Waals surface area contributed by atoms with Crippen LogP contribution in [0.1, 0.15) is 43.5 Å². The molecule has 0 amide bonds. The third-order valence-electron chi connectivity index (χ3n) is 3.51. The molecular weight excluding hydrogens is 250 g/mol. The van der Waals surface area contributed by atoms with E-state index in [-0.39, 0.29) is 0 Å². The molecule has 0 fully saturated rings. The lowest BCUT2D eigenvalue weighted by molar-refractivity contribution is 0.340. The quantitative estimate of drug-likeness (QED) is 0.810. The summed E-state index contributed by atoms with van der Waals surface area (Å²) in [6.45, 7) is 10.0. The van der Waals surface area contributed by atoms with Crippen molar-refractivity contribution < 1.29 is 4.74 Å². The third-order valence-corrected chi connectivity index (χ3v) is 3.51. The Hall–Kier alpha value is -1.84. The normalized spacial score (nSPS) is 12.4. The molecule has 108 valence electrons. The summed E-state index contributed by atoms with van der Waals surface area (Å²) in [5, 5.41) is 8.31. The SMILES string of the molecule is CCOc1ccc(C(C)Cc2cn(CC)nn2)c(C)c1. The maximum atomic E-state index is 5.53. The van der Waals surface area contributed by atoms with Crippen molar-refractivity contribution in [1.82, 2.24) is 15.0 Å². The number of hydrogen-bond acceptors (Lipinski definition) is 3. The summed E-state index contributed by atoms with van der Waals surface area (Å²) in [6.07, 6.45) is 2.94. The van der Waals surface area contributed by atoms with Crippen molar-refractivity contribution in [2.24, 2.45) is 0 Å². The van der Waals surface area contributed by atoms with Crippen LogP contribution < -0.4 is 4.74 Å². The summed E-state index contributed by atoms with van der Waals surface area (Å²) in [5.74, 6) is 1.37. The summed E-state index contributed by atoms with van der Waals surface area (Å²) in [6, 6.07) is 6.32. The zero-order valence-corrected chi connectivity index (χ0v) is 12.8. The largest absolute Gasteiger partial charge is 0.494 e. The molecule has 0 aliphatic carbocycles. The smallest absolute Gasteiger partial charge is 0.119 e. The maximum absolute atomic E-state index is 5.53. The van der Waals surface area contributed by atoms with Crippen molar-refractivity contribution in [2.45, 2.75) is 46.6 Å². The highest BCUT2D eigenvalue weighted by Crippen LogP contribution is 2.26. The standard InChI is InChI=1S/C16H23N3O/c1-5-19-11-14(17-18-19)9-12(3)16-8-7-15(20-6-2)10-13(16)4/h7-8,10-12H,5-6,9H2,1-4H3. The van der Waals surface area contributed by atoms with Gasteiger partial charge >= 0.3 is 0 Å². The highest BCUT2D eigenvalue weighted by molar-refractivity contribution is 5.37. The number of benzene rings is 1. The molecule has 0 N–H and O–H groups in total. The lowest BCUT2D eigenvalue weighted by Gasteiger charge is -2.14. The van der Waals surface area contributed by atoms with Crippen molar-refractivity contribution in [3.8, 4) is 5.75 Å². The van der Waals surface area contributed by atoms with E-state index in [1.165, 1.54) is 11.1 Å². The van der Waals surface area contributed by atoms with Gasteiger partial charge in [0, 0.05) is 12.7 Å². The Morgan fingerprint density at radius 1 is 1.30 bits per heavy atom. The molecule has 1 heterocycles. The second-order valence-electron chi connectivity index (χ2n) is 5.12. The van der Waals surface area contributed by atoms with Crippen LogP contribution in [-0.2, 0) is 13.0 Å². The molecule has 4 heteroatoms. The van der Waals surface area contributed by atoms with E-state index in [1.54, 1.807) is 0 Å². The molecule has 1 aromatic carbocycles. The molecule has 20 heavy (non-hydrogen) atoms. The predicted molar refractivity (Wildman–Crippen MR) is 80.2 cm³/mol. The summed E-state index contributed by atoms with van der Waals surface area (Å²) >= 11 is 0. The highest BCUT2D eigenvalue weighted by Gasteiger charge is 2.12. The molecule has 2 rings (SSSR count). The Morgan fingerprint density at radius 2 is 2.10 bits per heavy atom. The zero-order valence-electron chi connectivity index (χ0n) is 12.8. The van der Waals surface area contributed by atoms with Crippen LogP contribution in [0.25, 0.3) is 0 Å². The van der Waals surface area contributed by atoms with Crippen LogP contribution in [0.3, 0.4) is 0 Å². The maximum Gasteiger partial charge on any atom is 0.119 e. The van der Waals surface area contributed by atoms with E-state index in [0.717, 1.165) is 24.4 Å². The van der Waals surface area contributed by atoms with Crippen LogP contribution in [-0.4, -0.2) is 21.6 Å². The van der Waals surface area contributed by atoms with E-state index in [9.17, 15) is 0 Å². The summed E-state index contributed by atoms with van der Waals surface area (Å²) in [5.41, 5.74) is 3.67. The summed E-state index contributed by atoms with van der Waals surface area (Å²) in [4.78, 5) is 0. The number of aryl methyl sites for hydroxylation is 2. The molecule has 0 aliphatic heterocycles. The molecule has 0 bridgehead atoms. The van der Waals surface area contributed by atoms with Crippen LogP contribution in [0.15, 0.2) is 24.4 Å². The Bertz CT molecular complexity index is 563. The predicted octanol–water partition coefficient (Wildman–Crippen LogP) is 3.35. The summed E-state index contributed by atoms with van der Waals surface area (Å²) < 4.78 is 7.40. The Balaban J connectivity index is 2.10. The van der Waals surface area contributed by atoms with Gasteiger partial charge in [-0.3, -0.25) is 4.68 Å². The van der Waals surface area contributed by atoms with Crippen LogP contribution >= 0.6 is 0 Å². The van der Waals surface area contributed by atoms with Crippen LogP contribution in [0, 0.1) is 6.92 Å². The van der Waals surface area contributed by atoms with Gasteiger partial charge in [0.1, 0.15) is 5.75 Å². The van der Waals surface area contributed by atoms with Gasteiger partial charge in [-0.2, -0.15) is 0 Å². The lowest BCUT2D eigenvalue weighted by Crippen LogP contribution is -2.02. The minimum Gasteiger partial charge on any atom is -0.494 e. The number of aromatic nitrogens is 3. The molecule has 0 saturated heterocycles. The minimum absolute atomic E-state index is 0.424. The van der Waals surface area contributed by atoms with Gasteiger partial charge < -0.3 is 4.74 Å². The molecule has 0 saturated carbocycles. The fourth-order valence-corrected chi connectivity index (χ4v) is 2.47. The molecule has 4 nitrogen and oxygen atoms in total. The molecule has 1 unspecified atom stereocenters. The molecule has 1 atom stereocenters. The first-order chi connectivity index (χ1) is 9.63. The first kappa shape index (κ1) is 14.6. The second-order valence-corrected chi connectivity index (χ2v) is 5.12. The number of nitrogens with zero attached hydrogens (tertiary/aromatic N) is 3. The molecular formula is C16H23N3O. The van der Waals surface area contributed by atoms with Crippen molar-refractivity contribution in [1.29, 1.82) is 0 Å². The van der Waals surface area contributed by atoms with E-state index >= 15 is 0 Å². The van der Waals surface area contributed by atoms with Gasteiger partial charge in [-0.15, -0.1) is 5.10 Å². The Morgan fingerprint density at radius 3 is 2.70 bits per heavy atom. The van der Waals surface area contributed by atoms with Gasteiger partial charge in [0.15, 0.2) is 0 Å². The number of ether oxygens (including phenoxy) is 1. The average Bonchev–Trinajstić information content (AvgIpc) is 2.86. The first-order valence-corrected chi connectivity index (χ1v) is 7.26. The fourth-order valence-electron chi connectivity index (χ4n) is 2.47. The molecule has 1 aromatic heterocycles. The van der Waals surface area contributed by atoms with Crippen LogP contribution in [0.5, 0.6) is 5.75 Å². The lowest BCUT2D eigenvalue weighted by atomic mass is 9.92. The number of rotatable bonds is 6. The van der Waals surface area contributed by atoms with Crippen molar-refractivity contribution in [2.75, 3.05) is 6.61 Å². The van der Waals surface area contributed by atoms with Crippen LogP contribution in [0.2, 0.25) is 0 Å². The van der Waals surface area contributed by atoms with Gasteiger partial charge in [0.25, 0.3) is 0 Å². The van der Waals surface area contributed by atoms with Gasteiger partial charge in [-0.05, 0) is 56.4 Å². The topological polar surface area (TPSA) is 39.9 Å². The molecule has 2 aromatic rings. The Kier molecular flexibility index (Phi) is 4.77. The van der Waals surface area contributed by atoms with E-state index in [0.29, 0.717) is 12.5 Å². The summed E-state index contributed by atoms with van der Waals surface area (Å²) in [7, 11) is 0. The van der Waals surface area contributed by atoms with Crippen LogP contribution in [0.4, 0.5) is 0 Å². The molecule has 0 aliphatic rings. The van der Waals surface area contributed by atoms with E-state index in [1.807, 2.05) is 23.9 Å². The zero-order chi connectivity index (χ0) is 14.5. The van der Waals surface area contributed by atoms with E-state index in [4.69, 9.17) is 4.74 Å². The number of hydrogen-bond donors (Lipinski definition) is 0. The fraction of sp³-hybridized carbons (Fsp3) is 0.500. The molecule has 0 radical (unpaired) electrons. The van der Waals surface area contributed by atoms with Crippen molar-refractivity contribution >= 4 is 0 Å². The highest BCUT2D eigenvalue weighted by atomic mass is 16.5. The van der Waals surface area contributed by atoms with E-state index < -0.39 is 0 Å². The van der Waals surface area contributed by atoms with Crippen molar-refractivity contribution in [3.63, 3.8) is 0 Å². The van der Waals surface area contributed by atoms with Gasteiger partial charge in [-0.25, -0.2) is 0 Å². The monoisotopic (exact) mass is 273 g/mol. The van der Waals surface area contributed by atoms with Crippen molar-refractivity contribution in [3.05, 3.63) is 41.2 Å². The van der Waals surface area contributed by atoms with Gasteiger partial charge in [0.05, 0.1) is 12.3 Å². The van der Waals surface area contributed by atoms with Gasteiger partial charge in [-0.1, -0.05) is 18.2 Å². The third kappa shape index (κ3) is 3.38.